The van der Waals surface area contributed by atoms with Crippen molar-refractivity contribution in [3.8, 4) is 17.5 Å². The molecule has 1 aromatic carbocycles. The van der Waals surface area contributed by atoms with Crippen molar-refractivity contribution in [3.63, 3.8) is 0 Å². The number of hydrogen-bond acceptors (Lipinski definition) is 7. The molecule has 1 amide bonds. The summed E-state index contributed by atoms with van der Waals surface area (Å²) in [5.74, 6) is 0.478. The average molecular weight is 417 g/mol. The number of carbonyl (C=O) groups excluding carboxylic acids is 1. The molecule has 2 aromatic rings. The molecule has 0 aliphatic heterocycles. The second-order valence-electron chi connectivity index (χ2n) is 4.64. The maximum absolute atomic E-state index is 11.9. The average Bonchev–Trinajstić information content (AvgIpc) is 2.60. The first kappa shape index (κ1) is 20.0. The first-order valence-electron chi connectivity index (χ1n) is 7.07. The van der Waals surface area contributed by atoms with E-state index in [0.717, 1.165) is 0 Å². The van der Waals surface area contributed by atoms with Gasteiger partial charge in [0.2, 0.25) is 17.7 Å². The molecule has 0 spiro atoms. The minimum atomic E-state index is -0.497. The number of benzene rings is 1. The summed E-state index contributed by atoms with van der Waals surface area (Å²) >= 11 is 16.8. The summed E-state index contributed by atoms with van der Waals surface area (Å²) in [6, 6.07) is 6.16. The van der Waals surface area contributed by atoms with Crippen molar-refractivity contribution in [1.29, 1.82) is 0 Å². The maximum Gasteiger partial charge on any atom is 0.264 e. The quantitative estimate of drug-likeness (QED) is 0.693. The van der Waals surface area contributed by atoms with E-state index in [0.29, 0.717) is 15.8 Å². The molecule has 0 aliphatic rings. The molecule has 0 bridgehead atoms. The first-order chi connectivity index (χ1) is 12.4. The van der Waals surface area contributed by atoms with E-state index < -0.39 is 5.91 Å². The fraction of sp³-hybridized carbons (Fsp3) is 0.200. The van der Waals surface area contributed by atoms with Crippen LogP contribution >= 0.6 is 35.4 Å². The van der Waals surface area contributed by atoms with Gasteiger partial charge in [-0.25, -0.2) is 0 Å². The molecule has 0 fully saturated rings. The molecule has 26 heavy (non-hydrogen) atoms. The summed E-state index contributed by atoms with van der Waals surface area (Å²) in [4.78, 5) is 20.0. The standard InChI is InChI=1S/C15H14Cl2N4O4S/c1-23-12-6-13(24-2)20-14(19-12)21-15(26)18-11(22)7-25-10-4-3-8(16)5-9(10)17/h3-6H,7H2,1-2H3,(H2,18,19,20,21,22,26). The topological polar surface area (TPSA) is 94.6 Å². The van der Waals surface area contributed by atoms with E-state index in [9.17, 15) is 4.79 Å². The van der Waals surface area contributed by atoms with Crippen LogP contribution in [-0.4, -0.2) is 41.8 Å². The highest BCUT2D eigenvalue weighted by molar-refractivity contribution is 7.80. The predicted octanol–water partition coefficient (Wildman–Crippen LogP) is 2.69. The van der Waals surface area contributed by atoms with Crippen LogP contribution in [0.25, 0.3) is 0 Å². The molecule has 0 saturated carbocycles. The van der Waals surface area contributed by atoms with Gasteiger partial charge in [-0.3, -0.25) is 10.1 Å². The number of halogens is 2. The van der Waals surface area contributed by atoms with Gasteiger partial charge in [-0.1, -0.05) is 23.2 Å². The van der Waals surface area contributed by atoms with Gasteiger partial charge in [-0.05, 0) is 30.4 Å². The first-order valence-corrected chi connectivity index (χ1v) is 8.23. The van der Waals surface area contributed by atoms with Gasteiger partial charge in [0.05, 0.1) is 25.3 Å². The van der Waals surface area contributed by atoms with Crippen LogP contribution in [0, 0.1) is 0 Å². The van der Waals surface area contributed by atoms with Gasteiger partial charge in [-0.2, -0.15) is 9.97 Å². The van der Waals surface area contributed by atoms with Gasteiger partial charge >= 0.3 is 0 Å². The Labute approximate surface area is 164 Å². The van der Waals surface area contributed by atoms with Gasteiger partial charge in [0, 0.05) is 5.02 Å². The van der Waals surface area contributed by atoms with Gasteiger partial charge < -0.3 is 19.5 Å². The van der Waals surface area contributed by atoms with E-state index in [1.807, 2.05) is 0 Å². The largest absolute Gasteiger partial charge is 0.482 e. The highest BCUT2D eigenvalue weighted by Crippen LogP contribution is 2.27. The Kier molecular flexibility index (Phi) is 7.19. The molecule has 8 nitrogen and oxygen atoms in total. The minimum absolute atomic E-state index is 0.0175. The van der Waals surface area contributed by atoms with Gasteiger partial charge in [0.15, 0.2) is 11.7 Å². The molecule has 1 heterocycles. The number of aromatic nitrogens is 2. The third-order valence-electron chi connectivity index (χ3n) is 2.83. The van der Waals surface area contributed by atoms with Crippen LogP contribution in [0.3, 0.4) is 0 Å². The zero-order chi connectivity index (χ0) is 19.1. The fourth-order valence-corrected chi connectivity index (χ4v) is 2.37. The van der Waals surface area contributed by atoms with E-state index in [-0.39, 0.29) is 29.4 Å². The van der Waals surface area contributed by atoms with Crippen molar-refractivity contribution >= 4 is 52.4 Å². The number of nitrogens with zero attached hydrogens (tertiary/aromatic N) is 2. The zero-order valence-corrected chi connectivity index (χ0v) is 16.0. The molecule has 0 atom stereocenters. The zero-order valence-electron chi connectivity index (χ0n) is 13.7. The summed E-state index contributed by atoms with van der Waals surface area (Å²) in [6.45, 7) is -0.300. The molecule has 0 saturated heterocycles. The molecule has 0 aliphatic carbocycles. The second kappa shape index (κ2) is 9.37. The SMILES string of the molecule is COc1cc(OC)nc(NC(=S)NC(=O)COc2ccc(Cl)cc2Cl)n1. The lowest BCUT2D eigenvalue weighted by Crippen LogP contribution is -2.37. The van der Waals surface area contributed by atoms with Crippen molar-refractivity contribution < 1.29 is 19.0 Å². The highest BCUT2D eigenvalue weighted by Gasteiger charge is 2.11. The number of amides is 1. The molecule has 1 aromatic heterocycles. The Hall–Kier alpha value is -2.36. The predicted molar refractivity (Wildman–Crippen MR) is 101 cm³/mol. The third kappa shape index (κ3) is 5.87. The minimum Gasteiger partial charge on any atom is -0.482 e. The molecular weight excluding hydrogens is 403 g/mol. The van der Waals surface area contributed by atoms with Crippen LogP contribution in [-0.2, 0) is 4.79 Å². The van der Waals surface area contributed by atoms with Gasteiger partial charge in [0.25, 0.3) is 5.91 Å². The summed E-state index contributed by atoms with van der Waals surface area (Å²) < 4.78 is 15.4. The number of hydrogen-bond donors (Lipinski definition) is 2. The molecule has 2 N–H and O–H groups in total. The molecule has 0 radical (unpaired) electrons. The Morgan fingerprint density at radius 1 is 1.15 bits per heavy atom. The van der Waals surface area contributed by atoms with E-state index >= 15 is 0 Å². The van der Waals surface area contributed by atoms with Crippen LogP contribution in [0.2, 0.25) is 10.0 Å². The van der Waals surface area contributed by atoms with Gasteiger partial charge in [0.1, 0.15) is 5.75 Å². The lowest BCUT2D eigenvalue weighted by atomic mass is 10.3. The van der Waals surface area contributed by atoms with Gasteiger partial charge in [-0.15, -0.1) is 0 Å². The third-order valence-corrected chi connectivity index (χ3v) is 3.56. The van der Waals surface area contributed by atoms with Crippen LogP contribution in [0.5, 0.6) is 17.5 Å². The summed E-state index contributed by atoms with van der Waals surface area (Å²) in [7, 11) is 2.90. The number of rotatable bonds is 6. The van der Waals surface area contributed by atoms with Crippen molar-refractivity contribution in [2.75, 3.05) is 26.1 Å². The highest BCUT2D eigenvalue weighted by atomic mass is 35.5. The number of carbonyl (C=O) groups is 1. The van der Waals surface area contributed by atoms with E-state index in [1.54, 1.807) is 12.1 Å². The maximum atomic E-state index is 11.9. The van der Waals surface area contributed by atoms with Crippen molar-refractivity contribution in [1.82, 2.24) is 15.3 Å². The number of nitrogens with one attached hydrogen (secondary N) is 2. The van der Waals surface area contributed by atoms with E-state index in [1.165, 1.54) is 26.4 Å². The number of ether oxygens (including phenoxy) is 3. The second-order valence-corrected chi connectivity index (χ2v) is 5.89. The Morgan fingerprint density at radius 2 is 1.81 bits per heavy atom. The van der Waals surface area contributed by atoms with Crippen LogP contribution in [0.4, 0.5) is 5.95 Å². The fourth-order valence-electron chi connectivity index (χ4n) is 1.70. The lowest BCUT2D eigenvalue weighted by molar-refractivity contribution is -0.121. The monoisotopic (exact) mass is 416 g/mol. The molecule has 138 valence electrons. The van der Waals surface area contributed by atoms with Crippen LogP contribution in [0.1, 0.15) is 0 Å². The van der Waals surface area contributed by atoms with E-state index in [4.69, 9.17) is 49.6 Å². The molecule has 11 heteroatoms. The van der Waals surface area contributed by atoms with Crippen molar-refractivity contribution in [3.05, 3.63) is 34.3 Å². The molecule has 2 rings (SSSR count). The van der Waals surface area contributed by atoms with E-state index in [2.05, 4.69) is 20.6 Å². The number of anilines is 1. The summed E-state index contributed by atoms with van der Waals surface area (Å²) in [6.07, 6.45) is 0. The number of methoxy groups -OCH3 is 2. The Balaban J connectivity index is 1.90. The normalized spacial score (nSPS) is 10.0. The van der Waals surface area contributed by atoms with Crippen LogP contribution in [0.15, 0.2) is 24.3 Å². The Bertz CT molecular complexity index is 800. The molecular formula is C15H14Cl2N4O4S. The Morgan fingerprint density at radius 3 is 2.38 bits per heavy atom. The summed E-state index contributed by atoms with van der Waals surface area (Å²) in [5, 5.41) is 5.83. The number of thiocarbonyl (C=S) groups is 1. The van der Waals surface area contributed by atoms with Crippen molar-refractivity contribution in [2.24, 2.45) is 0 Å². The van der Waals surface area contributed by atoms with Crippen molar-refractivity contribution in [2.45, 2.75) is 0 Å². The lowest BCUT2D eigenvalue weighted by Gasteiger charge is -2.11. The smallest absolute Gasteiger partial charge is 0.264 e. The molecule has 0 unspecified atom stereocenters. The van der Waals surface area contributed by atoms with Crippen LogP contribution < -0.4 is 24.8 Å². The summed E-state index contributed by atoms with van der Waals surface area (Å²) in [5.41, 5.74) is 0.